The smallest absolute Gasteiger partial charge is 0.0719 e. The Morgan fingerprint density at radius 3 is 2.62 bits per heavy atom. The number of hydrogen-bond acceptors (Lipinski definition) is 3. The second-order valence-electron chi connectivity index (χ2n) is 3.89. The fourth-order valence-electron chi connectivity index (χ4n) is 1.50. The van der Waals surface area contributed by atoms with Crippen molar-refractivity contribution in [3.05, 3.63) is 35.4 Å². The van der Waals surface area contributed by atoms with Crippen LogP contribution in [-0.4, -0.2) is 24.4 Å². The molecule has 0 amide bonds. The fourth-order valence-corrected chi connectivity index (χ4v) is 1.50. The molecule has 0 aromatic heterocycles. The minimum absolute atomic E-state index is 0.306. The zero-order valence-corrected chi connectivity index (χ0v) is 10.1. The quantitative estimate of drug-likeness (QED) is 0.739. The zero-order chi connectivity index (χ0) is 11.8. The summed E-state index contributed by atoms with van der Waals surface area (Å²) in [6, 6.07) is 8.21. The number of rotatable bonds is 7. The summed E-state index contributed by atoms with van der Waals surface area (Å²) in [5.74, 6) is 0. The van der Waals surface area contributed by atoms with Gasteiger partial charge in [0.2, 0.25) is 0 Å². The Morgan fingerprint density at radius 1 is 1.31 bits per heavy atom. The Kier molecular flexibility index (Phi) is 6.08. The third-order valence-corrected chi connectivity index (χ3v) is 2.34. The lowest BCUT2D eigenvalue weighted by Gasteiger charge is -2.11. The first-order valence-corrected chi connectivity index (χ1v) is 5.77. The van der Waals surface area contributed by atoms with E-state index in [1.807, 2.05) is 19.1 Å². The summed E-state index contributed by atoms with van der Waals surface area (Å²) in [5, 5.41) is 12.4. The summed E-state index contributed by atoms with van der Waals surface area (Å²) < 4.78 is 5.41. The van der Waals surface area contributed by atoms with Gasteiger partial charge < -0.3 is 15.2 Å². The van der Waals surface area contributed by atoms with Gasteiger partial charge in [0.15, 0.2) is 0 Å². The molecular weight excluding hydrogens is 202 g/mol. The average molecular weight is 223 g/mol. The molecule has 0 saturated carbocycles. The van der Waals surface area contributed by atoms with Crippen molar-refractivity contribution in [1.82, 2.24) is 5.32 Å². The highest BCUT2D eigenvalue weighted by atomic mass is 16.5. The van der Waals surface area contributed by atoms with Gasteiger partial charge in [-0.05, 0) is 25.0 Å². The van der Waals surface area contributed by atoms with E-state index in [0.717, 1.165) is 13.2 Å². The molecule has 0 aliphatic rings. The molecule has 1 atom stereocenters. The Labute approximate surface area is 97.4 Å². The molecule has 0 radical (unpaired) electrons. The van der Waals surface area contributed by atoms with Crippen LogP contribution in [0.1, 0.15) is 25.0 Å². The largest absolute Gasteiger partial charge is 0.392 e. The highest BCUT2D eigenvalue weighted by molar-refractivity contribution is 5.26. The van der Waals surface area contributed by atoms with Gasteiger partial charge in [-0.15, -0.1) is 0 Å². The molecule has 0 heterocycles. The first-order valence-electron chi connectivity index (χ1n) is 5.77. The molecular formula is C13H21NO2. The van der Waals surface area contributed by atoms with Gasteiger partial charge in [-0.25, -0.2) is 0 Å². The fraction of sp³-hybridized carbons (Fsp3) is 0.538. The van der Waals surface area contributed by atoms with E-state index in [1.54, 1.807) is 6.92 Å². The number of benzene rings is 1. The maximum Gasteiger partial charge on any atom is 0.0719 e. The normalized spacial score (nSPS) is 12.7. The molecule has 0 bridgehead atoms. The second kappa shape index (κ2) is 7.39. The van der Waals surface area contributed by atoms with E-state index in [2.05, 4.69) is 17.4 Å². The van der Waals surface area contributed by atoms with Crippen molar-refractivity contribution in [2.45, 2.75) is 33.1 Å². The van der Waals surface area contributed by atoms with Crippen LogP contribution in [0.5, 0.6) is 0 Å². The van der Waals surface area contributed by atoms with Crippen LogP contribution in [0.3, 0.4) is 0 Å². The molecule has 1 aromatic carbocycles. The van der Waals surface area contributed by atoms with Gasteiger partial charge in [-0.3, -0.25) is 0 Å². The molecule has 0 aliphatic carbocycles. The lowest BCUT2D eigenvalue weighted by molar-refractivity contribution is 0.133. The Hall–Kier alpha value is -0.900. The lowest BCUT2D eigenvalue weighted by atomic mass is 10.1. The van der Waals surface area contributed by atoms with Crippen molar-refractivity contribution in [2.24, 2.45) is 0 Å². The van der Waals surface area contributed by atoms with Crippen LogP contribution in [0.4, 0.5) is 0 Å². The van der Waals surface area contributed by atoms with Crippen LogP contribution < -0.4 is 5.32 Å². The van der Waals surface area contributed by atoms with E-state index in [-0.39, 0.29) is 6.10 Å². The summed E-state index contributed by atoms with van der Waals surface area (Å²) in [6.07, 6.45) is -0.306. The van der Waals surface area contributed by atoms with Crippen LogP contribution in [-0.2, 0) is 17.9 Å². The molecule has 0 spiro atoms. The average Bonchev–Trinajstić information content (AvgIpc) is 2.27. The van der Waals surface area contributed by atoms with Crippen LogP contribution >= 0.6 is 0 Å². The number of aliphatic hydroxyl groups excluding tert-OH is 1. The van der Waals surface area contributed by atoms with E-state index < -0.39 is 0 Å². The number of ether oxygens (including phenoxy) is 1. The summed E-state index contributed by atoms with van der Waals surface area (Å²) >= 11 is 0. The molecule has 2 N–H and O–H groups in total. The summed E-state index contributed by atoms with van der Waals surface area (Å²) in [6.45, 7) is 6.54. The van der Waals surface area contributed by atoms with Gasteiger partial charge in [0.25, 0.3) is 0 Å². The highest BCUT2D eigenvalue weighted by Gasteiger charge is 2.02. The molecule has 3 heteroatoms. The predicted octanol–water partition coefficient (Wildman–Crippen LogP) is 1.69. The van der Waals surface area contributed by atoms with E-state index in [4.69, 9.17) is 9.84 Å². The molecule has 1 rings (SSSR count). The molecule has 3 nitrogen and oxygen atoms in total. The van der Waals surface area contributed by atoms with Gasteiger partial charge in [0.05, 0.1) is 12.7 Å². The van der Waals surface area contributed by atoms with E-state index in [9.17, 15) is 0 Å². The van der Waals surface area contributed by atoms with Crippen molar-refractivity contribution in [3.8, 4) is 0 Å². The van der Waals surface area contributed by atoms with Crippen LogP contribution in [0.15, 0.2) is 24.3 Å². The summed E-state index contributed by atoms with van der Waals surface area (Å²) in [4.78, 5) is 0. The molecule has 0 fully saturated rings. The van der Waals surface area contributed by atoms with Gasteiger partial charge in [-0.1, -0.05) is 24.3 Å². The molecule has 0 aliphatic heterocycles. The van der Waals surface area contributed by atoms with Crippen molar-refractivity contribution in [2.75, 3.05) is 13.2 Å². The van der Waals surface area contributed by atoms with Crippen molar-refractivity contribution in [3.63, 3.8) is 0 Å². The maximum absolute atomic E-state index is 9.15. The van der Waals surface area contributed by atoms with Crippen LogP contribution in [0, 0.1) is 0 Å². The lowest BCUT2D eigenvalue weighted by Crippen LogP contribution is -2.24. The first-order chi connectivity index (χ1) is 7.74. The monoisotopic (exact) mass is 223 g/mol. The highest BCUT2D eigenvalue weighted by Crippen LogP contribution is 2.09. The van der Waals surface area contributed by atoms with Crippen LogP contribution in [0.25, 0.3) is 0 Å². The molecule has 16 heavy (non-hydrogen) atoms. The molecule has 1 aromatic rings. The molecule has 90 valence electrons. The SMILES string of the molecule is CCOCc1ccccc1CNC[C@H](C)O. The van der Waals surface area contributed by atoms with Gasteiger partial charge in [-0.2, -0.15) is 0 Å². The summed E-state index contributed by atoms with van der Waals surface area (Å²) in [7, 11) is 0. The van der Waals surface area contributed by atoms with Crippen molar-refractivity contribution in [1.29, 1.82) is 0 Å². The Morgan fingerprint density at radius 2 is 2.00 bits per heavy atom. The van der Waals surface area contributed by atoms with E-state index >= 15 is 0 Å². The molecule has 0 unspecified atom stereocenters. The van der Waals surface area contributed by atoms with Crippen LogP contribution in [0.2, 0.25) is 0 Å². The number of aliphatic hydroxyl groups is 1. The van der Waals surface area contributed by atoms with Crippen molar-refractivity contribution >= 4 is 0 Å². The number of nitrogens with one attached hydrogen (secondary N) is 1. The molecule has 0 saturated heterocycles. The van der Waals surface area contributed by atoms with E-state index in [1.165, 1.54) is 11.1 Å². The predicted molar refractivity (Wildman–Crippen MR) is 65.2 cm³/mol. The minimum atomic E-state index is -0.306. The third kappa shape index (κ3) is 4.75. The Bertz CT molecular complexity index is 300. The standard InChI is InChI=1S/C13H21NO2/c1-3-16-10-13-7-5-4-6-12(13)9-14-8-11(2)15/h4-7,11,14-15H,3,8-10H2,1-2H3/t11-/m0/s1. The summed E-state index contributed by atoms with van der Waals surface area (Å²) in [5.41, 5.74) is 2.44. The third-order valence-electron chi connectivity index (χ3n) is 2.34. The van der Waals surface area contributed by atoms with Crippen molar-refractivity contribution < 1.29 is 9.84 Å². The topological polar surface area (TPSA) is 41.5 Å². The minimum Gasteiger partial charge on any atom is -0.392 e. The first kappa shape index (κ1) is 13.2. The maximum atomic E-state index is 9.15. The second-order valence-corrected chi connectivity index (χ2v) is 3.89. The zero-order valence-electron chi connectivity index (χ0n) is 10.1. The number of hydrogen-bond donors (Lipinski definition) is 2. The van der Waals surface area contributed by atoms with Gasteiger partial charge in [0, 0.05) is 19.7 Å². The van der Waals surface area contributed by atoms with Gasteiger partial charge >= 0.3 is 0 Å². The van der Waals surface area contributed by atoms with E-state index in [0.29, 0.717) is 13.2 Å². The Balaban J connectivity index is 2.49. The van der Waals surface area contributed by atoms with Gasteiger partial charge in [0.1, 0.15) is 0 Å².